The highest BCUT2D eigenvalue weighted by Gasteiger charge is 2.51. The van der Waals surface area contributed by atoms with Crippen LogP contribution in [0.3, 0.4) is 0 Å². The molecule has 2 aliphatic rings. The van der Waals surface area contributed by atoms with Crippen LogP contribution in [0.25, 0.3) is 0 Å². The van der Waals surface area contributed by atoms with E-state index in [1.807, 2.05) is 0 Å². The van der Waals surface area contributed by atoms with E-state index in [0.29, 0.717) is 0 Å². The van der Waals surface area contributed by atoms with Gasteiger partial charge in [-0.25, -0.2) is 0 Å². The first-order chi connectivity index (χ1) is 6.53. The van der Waals surface area contributed by atoms with Gasteiger partial charge in [0, 0.05) is 0 Å². The van der Waals surface area contributed by atoms with Crippen LogP contribution in [0.2, 0.25) is 0 Å². The van der Waals surface area contributed by atoms with Crippen molar-refractivity contribution in [3.63, 3.8) is 0 Å². The summed E-state index contributed by atoms with van der Waals surface area (Å²) >= 11 is 0. The Kier molecular flexibility index (Phi) is 2.53. The minimum Gasteiger partial charge on any atom is -0.394 e. The third-order valence-electron chi connectivity index (χ3n) is 2.53. The Morgan fingerprint density at radius 3 is 2.64 bits per heavy atom. The number of hydrogen-bond acceptors (Lipinski definition) is 5. The molecule has 5 heteroatoms. The molecule has 2 rings (SSSR count). The molecular weight excluding hydrogens is 188 g/mol. The van der Waals surface area contributed by atoms with Gasteiger partial charge in [0.25, 0.3) is 0 Å². The van der Waals surface area contributed by atoms with Crippen LogP contribution in [0.5, 0.6) is 0 Å². The molecule has 82 valence electrons. The first-order valence-electron chi connectivity index (χ1n) is 4.79. The summed E-state index contributed by atoms with van der Waals surface area (Å²) in [6, 6.07) is 0. The van der Waals surface area contributed by atoms with E-state index in [4.69, 9.17) is 19.3 Å². The average Bonchev–Trinajstić information content (AvgIpc) is 2.88. The summed E-state index contributed by atoms with van der Waals surface area (Å²) in [5, 5.41) is 18.4. The first kappa shape index (κ1) is 10.3. The normalized spacial score (nSPS) is 46.3. The number of epoxide rings is 1. The first-order valence-corrected chi connectivity index (χ1v) is 4.79. The molecule has 4 atom stereocenters. The molecule has 0 aromatic heterocycles. The van der Waals surface area contributed by atoms with Gasteiger partial charge in [-0.3, -0.25) is 0 Å². The summed E-state index contributed by atoms with van der Waals surface area (Å²) in [4.78, 5) is 0. The minimum absolute atomic E-state index is 0.0292. The van der Waals surface area contributed by atoms with Gasteiger partial charge in [0.15, 0.2) is 5.79 Å². The van der Waals surface area contributed by atoms with Crippen molar-refractivity contribution in [2.45, 2.75) is 44.1 Å². The summed E-state index contributed by atoms with van der Waals surface area (Å²) in [6.45, 7) is 3.80. The zero-order valence-corrected chi connectivity index (χ0v) is 8.34. The highest BCUT2D eigenvalue weighted by molar-refractivity contribution is 4.96. The maximum absolute atomic E-state index is 9.61. The van der Waals surface area contributed by atoms with Gasteiger partial charge in [-0.05, 0) is 13.8 Å². The molecule has 2 N–H and O–H groups in total. The highest BCUT2D eigenvalue weighted by atomic mass is 16.7. The zero-order valence-electron chi connectivity index (χ0n) is 8.34. The molecule has 0 aliphatic carbocycles. The molecule has 0 spiro atoms. The van der Waals surface area contributed by atoms with Crippen molar-refractivity contribution in [2.75, 3.05) is 13.2 Å². The van der Waals surface area contributed by atoms with E-state index in [0.717, 1.165) is 0 Å². The molecule has 0 unspecified atom stereocenters. The molecule has 5 nitrogen and oxygen atoms in total. The zero-order chi connectivity index (χ0) is 10.3. The molecule has 2 heterocycles. The molecule has 2 aliphatic heterocycles. The number of aliphatic hydroxyl groups is 2. The molecule has 0 saturated carbocycles. The fourth-order valence-electron chi connectivity index (χ4n) is 1.70. The van der Waals surface area contributed by atoms with Crippen LogP contribution in [0.15, 0.2) is 0 Å². The van der Waals surface area contributed by atoms with Crippen LogP contribution >= 0.6 is 0 Å². The number of ether oxygens (including phenoxy) is 3. The van der Waals surface area contributed by atoms with Gasteiger partial charge in [-0.2, -0.15) is 0 Å². The maximum Gasteiger partial charge on any atom is 0.163 e. The largest absolute Gasteiger partial charge is 0.394 e. The number of aliphatic hydroxyl groups excluding tert-OH is 2. The van der Waals surface area contributed by atoms with Crippen molar-refractivity contribution < 1.29 is 24.4 Å². The standard InChI is InChI=1S/C9H16O5/c1-9(2)12-4-5(11)7(14-9)8-6(3-10)13-8/h5-8,10-11H,3-4H2,1-2H3/t5-,6+,7-,8+/m1/s1. The molecule has 0 aromatic carbocycles. The van der Waals surface area contributed by atoms with Crippen LogP contribution in [0, 0.1) is 0 Å². The fraction of sp³-hybridized carbons (Fsp3) is 1.00. The Morgan fingerprint density at radius 2 is 2.07 bits per heavy atom. The van der Waals surface area contributed by atoms with Gasteiger partial charge in [-0.15, -0.1) is 0 Å². The van der Waals surface area contributed by atoms with Crippen molar-refractivity contribution in [1.82, 2.24) is 0 Å². The Labute approximate surface area is 82.6 Å². The summed E-state index contributed by atoms with van der Waals surface area (Å²) in [6.07, 6.45) is -1.46. The molecule has 0 aromatic rings. The molecule has 0 amide bonds. The molecule has 14 heavy (non-hydrogen) atoms. The molecular formula is C9H16O5. The van der Waals surface area contributed by atoms with Crippen molar-refractivity contribution in [2.24, 2.45) is 0 Å². The lowest BCUT2D eigenvalue weighted by molar-refractivity contribution is -0.306. The lowest BCUT2D eigenvalue weighted by Gasteiger charge is -2.38. The van der Waals surface area contributed by atoms with E-state index < -0.39 is 18.0 Å². The lowest BCUT2D eigenvalue weighted by Crippen LogP contribution is -2.51. The average molecular weight is 204 g/mol. The van der Waals surface area contributed by atoms with Gasteiger partial charge in [0.05, 0.1) is 13.2 Å². The van der Waals surface area contributed by atoms with Crippen LogP contribution in [0.1, 0.15) is 13.8 Å². The van der Waals surface area contributed by atoms with Crippen molar-refractivity contribution >= 4 is 0 Å². The summed E-state index contributed by atoms with van der Waals surface area (Å²) in [5.41, 5.74) is 0. The molecule has 0 bridgehead atoms. The Hall–Kier alpha value is -0.200. The van der Waals surface area contributed by atoms with E-state index in [2.05, 4.69) is 0 Å². The Bertz CT molecular complexity index is 217. The lowest BCUT2D eigenvalue weighted by atomic mass is 10.1. The molecule has 2 fully saturated rings. The van der Waals surface area contributed by atoms with Crippen LogP contribution in [0.4, 0.5) is 0 Å². The minimum atomic E-state index is -0.685. The van der Waals surface area contributed by atoms with E-state index in [9.17, 15) is 5.11 Å². The second kappa shape index (κ2) is 3.43. The summed E-state index contributed by atoms with van der Waals surface area (Å²) in [7, 11) is 0. The smallest absolute Gasteiger partial charge is 0.163 e. The predicted octanol–water partition coefficient (Wildman–Crippen LogP) is -0.742. The monoisotopic (exact) mass is 204 g/mol. The summed E-state index contributed by atoms with van der Waals surface area (Å²) in [5.74, 6) is -0.685. The van der Waals surface area contributed by atoms with E-state index in [-0.39, 0.29) is 25.4 Å². The molecule has 2 saturated heterocycles. The third kappa shape index (κ3) is 1.92. The number of hydrogen-bond donors (Lipinski definition) is 2. The van der Waals surface area contributed by atoms with E-state index >= 15 is 0 Å². The van der Waals surface area contributed by atoms with E-state index in [1.54, 1.807) is 13.8 Å². The quantitative estimate of drug-likeness (QED) is 0.580. The van der Waals surface area contributed by atoms with Crippen LogP contribution < -0.4 is 0 Å². The Morgan fingerprint density at radius 1 is 1.36 bits per heavy atom. The van der Waals surface area contributed by atoms with Gasteiger partial charge in [-0.1, -0.05) is 0 Å². The fourth-order valence-corrected chi connectivity index (χ4v) is 1.70. The Balaban J connectivity index is 1.96. The van der Waals surface area contributed by atoms with Gasteiger partial charge in [0.1, 0.15) is 24.4 Å². The highest BCUT2D eigenvalue weighted by Crippen LogP contribution is 2.34. The maximum atomic E-state index is 9.61. The second-order valence-corrected chi connectivity index (χ2v) is 4.18. The predicted molar refractivity (Wildman–Crippen MR) is 46.7 cm³/mol. The van der Waals surface area contributed by atoms with E-state index in [1.165, 1.54) is 0 Å². The van der Waals surface area contributed by atoms with Crippen LogP contribution in [-0.2, 0) is 14.2 Å². The topological polar surface area (TPSA) is 71.5 Å². The van der Waals surface area contributed by atoms with Gasteiger partial charge in [0.2, 0.25) is 0 Å². The van der Waals surface area contributed by atoms with Crippen molar-refractivity contribution in [1.29, 1.82) is 0 Å². The van der Waals surface area contributed by atoms with Crippen molar-refractivity contribution in [3.8, 4) is 0 Å². The summed E-state index contributed by atoms with van der Waals surface area (Å²) < 4.78 is 16.0. The number of rotatable bonds is 2. The SMILES string of the molecule is CC1(C)OC[C@@H](O)[C@H]([C@H]2O[C@H]2CO)O1. The molecule has 0 radical (unpaired) electrons. The van der Waals surface area contributed by atoms with Gasteiger partial charge < -0.3 is 24.4 Å². The third-order valence-corrected chi connectivity index (χ3v) is 2.53. The van der Waals surface area contributed by atoms with Crippen molar-refractivity contribution in [3.05, 3.63) is 0 Å². The van der Waals surface area contributed by atoms with Crippen LogP contribution in [-0.4, -0.2) is 53.6 Å². The second-order valence-electron chi connectivity index (χ2n) is 4.18. The van der Waals surface area contributed by atoms with Gasteiger partial charge >= 0.3 is 0 Å².